The van der Waals surface area contributed by atoms with Crippen LogP contribution in [0.25, 0.3) is 0 Å². The Kier molecular flexibility index (Phi) is 4.76. The van der Waals surface area contributed by atoms with Crippen molar-refractivity contribution in [3.8, 4) is 0 Å². The molecular formula is C17H22O2Si. The van der Waals surface area contributed by atoms with Crippen LogP contribution in [-0.4, -0.2) is 22.8 Å². The van der Waals surface area contributed by atoms with Crippen molar-refractivity contribution in [1.82, 2.24) is 0 Å². The molecule has 2 nitrogen and oxygen atoms in total. The van der Waals surface area contributed by atoms with Gasteiger partial charge in [0.05, 0.1) is 0 Å². The molecule has 0 aliphatic carbocycles. The van der Waals surface area contributed by atoms with Crippen molar-refractivity contribution < 1.29 is 8.85 Å². The minimum absolute atomic E-state index is 0.392. The van der Waals surface area contributed by atoms with Crippen LogP contribution in [0.4, 0.5) is 0 Å². The lowest BCUT2D eigenvalue weighted by Gasteiger charge is -2.23. The van der Waals surface area contributed by atoms with E-state index < -0.39 is 8.56 Å². The average Bonchev–Trinajstić information content (AvgIpc) is 2.54. The number of benzene rings is 2. The van der Waals surface area contributed by atoms with Crippen LogP contribution in [0.1, 0.15) is 24.0 Å². The Hall–Kier alpha value is -1.42. The highest BCUT2D eigenvalue weighted by atomic mass is 28.4. The average molecular weight is 286 g/mol. The van der Waals surface area contributed by atoms with Gasteiger partial charge in [0.2, 0.25) is 0 Å². The summed E-state index contributed by atoms with van der Waals surface area (Å²) >= 11 is 0. The molecule has 0 bridgehead atoms. The molecular weight excluding hydrogens is 264 g/mol. The van der Waals surface area contributed by atoms with Gasteiger partial charge in [-0.15, -0.1) is 0 Å². The van der Waals surface area contributed by atoms with E-state index in [1.807, 2.05) is 6.07 Å². The standard InChI is InChI=1S/C17H22O2Si/c1-14(15-8-6-5-7-9-15)16-10-12-17(13-11-16)20(4,18-2)19-3/h5-14H,1-4H3. The smallest absolute Gasteiger partial charge is 0.368 e. The Balaban J connectivity index is 2.25. The van der Waals surface area contributed by atoms with Crippen molar-refractivity contribution in [2.45, 2.75) is 19.4 Å². The van der Waals surface area contributed by atoms with E-state index in [0.717, 1.165) is 5.19 Å². The Labute approximate surface area is 122 Å². The van der Waals surface area contributed by atoms with Crippen molar-refractivity contribution in [2.24, 2.45) is 0 Å². The molecule has 0 amide bonds. The van der Waals surface area contributed by atoms with Crippen LogP contribution in [0.2, 0.25) is 6.55 Å². The zero-order valence-electron chi connectivity index (χ0n) is 12.6. The molecule has 106 valence electrons. The molecule has 0 spiro atoms. The van der Waals surface area contributed by atoms with E-state index in [1.54, 1.807) is 14.2 Å². The molecule has 20 heavy (non-hydrogen) atoms. The summed E-state index contributed by atoms with van der Waals surface area (Å²) in [5.74, 6) is 0.392. The Morgan fingerprint density at radius 3 is 1.80 bits per heavy atom. The fourth-order valence-electron chi connectivity index (χ4n) is 2.33. The van der Waals surface area contributed by atoms with Gasteiger partial charge in [0.25, 0.3) is 0 Å². The van der Waals surface area contributed by atoms with E-state index in [-0.39, 0.29) is 0 Å². The maximum Gasteiger partial charge on any atom is 0.368 e. The molecule has 0 aliphatic rings. The second-order valence-electron chi connectivity index (χ2n) is 5.11. The van der Waals surface area contributed by atoms with E-state index in [9.17, 15) is 0 Å². The van der Waals surface area contributed by atoms with Gasteiger partial charge in [-0.3, -0.25) is 0 Å². The Morgan fingerprint density at radius 1 is 0.800 bits per heavy atom. The van der Waals surface area contributed by atoms with Gasteiger partial charge in [0.1, 0.15) is 0 Å². The molecule has 0 aliphatic heterocycles. The topological polar surface area (TPSA) is 18.5 Å². The molecule has 1 atom stereocenters. The molecule has 0 saturated heterocycles. The molecule has 0 heterocycles. The van der Waals surface area contributed by atoms with Crippen LogP contribution in [0, 0.1) is 0 Å². The van der Waals surface area contributed by atoms with Crippen LogP contribution in [0.15, 0.2) is 54.6 Å². The van der Waals surface area contributed by atoms with E-state index in [4.69, 9.17) is 8.85 Å². The molecule has 2 aromatic carbocycles. The van der Waals surface area contributed by atoms with Gasteiger partial charge in [0.15, 0.2) is 0 Å². The van der Waals surface area contributed by atoms with Crippen LogP contribution in [0.5, 0.6) is 0 Å². The summed E-state index contributed by atoms with van der Waals surface area (Å²) in [6, 6.07) is 19.2. The maximum absolute atomic E-state index is 5.57. The summed E-state index contributed by atoms with van der Waals surface area (Å²) in [7, 11) is 1.23. The summed E-state index contributed by atoms with van der Waals surface area (Å²) < 4.78 is 11.1. The third kappa shape index (κ3) is 3.01. The first kappa shape index (κ1) is 15.0. The first-order valence-corrected chi connectivity index (χ1v) is 9.18. The van der Waals surface area contributed by atoms with Crippen molar-refractivity contribution in [2.75, 3.05) is 14.2 Å². The van der Waals surface area contributed by atoms with E-state index in [1.165, 1.54) is 11.1 Å². The summed E-state index contributed by atoms with van der Waals surface area (Å²) in [5, 5.41) is 1.16. The summed E-state index contributed by atoms with van der Waals surface area (Å²) in [6.07, 6.45) is 0. The largest absolute Gasteiger partial charge is 0.394 e. The molecule has 0 aromatic heterocycles. The molecule has 2 aromatic rings. The normalized spacial score (nSPS) is 13.2. The molecule has 2 rings (SSSR count). The maximum atomic E-state index is 5.57. The first-order chi connectivity index (χ1) is 9.60. The van der Waals surface area contributed by atoms with E-state index >= 15 is 0 Å². The Bertz CT molecular complexity index is 533. The highest BCUT2D eigenvalue weighted by molar-refractivity contribution is 6.79. The lowest BCUT2D eigenvalue weighted by Crippen LogP contribution is -2.49. The summed E-state index contributed by atoms with van der Waals surface area (Å²) in [4.78, 5) is 0. The monoisotopic (exact) mass is 286 g/mol. The lowest BCUT2D eigenvalue weighted by molar-refractivity contribution is 0.265. The molecule has 0 radical (unpaired) electrons. The van der Waals surface area contributed by atoms with Crippen LogP contribution < -0.4 is 5.19 Å². The molecule has 0 N–H and O–H groups in total. The fraction of sp³-hybridized carbons (Fsp3) is 0.294. The van der Waals surface area contributed by atoms with Crippen molar-refractivity contribution in [3.63, 3.8) is 0 Å². The van der Waals surface area contributed by atoms with Gasteiger partial charge in [-0.2, -0.15) is 0 Å². The van der Waals surface area contributed by atoms with Gasteiger partial charge in [-0.05, 0) is 22.9 Å². The fourth-order valence-corrected chi connectivity index (χ4v) is 3.74. The first-order valence-electron chi connectivity index (χ1n) is 6.86. The van der Waals surface area contributed by atoms with Crippen molar-refractivity contribution in [3.05, 3.63) is 65.7 Å². The quantitative estimate of drug-likeness (QED) is 0.784. The number of hydrogen-bond donors (Lipinski definition) is 0. The highest BCUT2D eigenvalue weighted by Crippen LogP contribution is 2.23. The van der Waals surface area contributed by atoms with Gasteiger partial charge >= 0.3 is 8.56 Å². The van der Waals surface area contributed by atoms with Crippen LogP contribution >= 0.6 is 0 Å². The van der Waals surface area contributed by atoms with Crippen molar-refractivity contribution in [1.29, 1.82) is 0 Å². The lowest BCUT2D eigenvalue weighted by atomic mass is 9.93. The predicted molar refractivity (Wildman–Crippen MR) is 85.7 cm³/mol. The van der Waals surface area contributed by atoms with Crippen LogP contribution in [0.3, 0.4) is 0 Å². The number of hydrogen-bond acceptors (Lipinski definition) is 2. The minimum Gasteiger partial charge on any atom is -0.394 e. The minimum atomic E-state index is -2.21. The molecule has 1 unspecified atom stereocenters. The predicted octanol–water partition coefficient (Wildman–Crippen LogP) is 3.41. The third-order valence-corrected chi connectivity index (χ3v) is 6.95. The summed E-state index contributed by atoms with van der Waals surface area (Å²) in [6.45, 7) is 4.29. The van der Waals surface area contributed by atoms with Crippen LogP contribution in [-0.2, 0) is 8.85 Å². The second-order valence-corrected chi connectivity index (χ2v) is 8.39. The zero-order valence-corrected chi connectivity index (χ0v) is 13.6. The van der Waals surface area contributed by atoms with Gasteiger partial charge in [0, 0.05) is 20.1 Å². The zero-order chi connectivity index (χ0) is 14.6. The van der Waals surface area contributed by atoms with Gasteiger partial charge in [-0.1, -0.05) is 61.5 Å². The van der Waals surface area contributed by atoms with E-state index in [2.05, 4.69) is 62.0 Å². The summed E-state index contributed by atoms with van der Waals surface area (Å²) in [5.41, 5.74) is 2.64. The highest BCUT2D eigenvalue weighted by Gasteiger charge is 2.31. The van der Waals surface area contributed by atoms with Gasteiger partial charge in [-0.25, -0.2) is 0 Å². The molecule has 0 fully saturated rings. The van der Waals surface area contributed by atoms with E-state index in [0.29, 0.717) is 5.92 Å². The van der Waals surface area contributed by atoms with Gasteiger partial charge < -0.3 is 8.85 Å². The molecule has 0 saturated carbocycles. The SMILES string of the molecule is CO[Si](C)(OC)c1ccc(C(C)c2ccccc2)cc1. The third-order valence-electron chi connectivity index (χ3n) is 4.01. The Morgan fingerprint density at radius 2 is 1.30 bits per heavy atom. The van der Waals surface area contributed by atoms with Crippen molar-refractivity contribution >= 4 is 13.7 Å². The molecule has 3 heteroatoms. The second kappa shape index (κ2) is 6.35. The number of rotatable bonds is 5.